The van der Waals surface area contributed by atoms with Crippen LogP contribution in [0.4, 0.5) is 5.69 Å². The molecule has 1 atom stereocenters. The number of rotatable bonds is 3. The van der Waals surface area contributed by atoms with Gasteiger partial charge in [0, 0.05) is 24.1 Å². The van der Waals surface area contributed by atoms with E-state index in [0.29, 0.717) is 23.6 Å². The number of carbonyl (C=O) groups excluding carboxylic acids is 1. The molecule has 3 rings (SSSR count). The fraction of sp³-hybridized carbons (Fsp3) is 0.357. The van der Waals surface area contributed by atoms with Crippen molar-refractivity contribution in [2.45, 2.75) is 25.3 Å². The van der Waals surface area contributed by atoms with Crippen LogP contribution in [0.25, 0.3) is 11.4 Å². The normalized spacial score (nSPS) is 16.9. The van der Waals surface area contributed by atoms with E-state index < -0.39 is 11.0 Å². The van der Waals surface area contributed by atoms with Gasteiger partial charge in [0.1, 0.15) is 5.82 Å². The van der Waals surface area contributed by atoms with Crippen molar-refractivity contribution in [3.63, 3.8) is 0 Å². The molecule has 1 aliphatic rings. The van der Waals surface area contributed by atoms with Gasteiger partial charge in [-0.3, -0.25) is 10.1 Å². The van der Waals surface area contributed by atoms with E-state index in [2.05, 4.69) is 10.1 Å². The van der Waals surface area contributed by atoms with Crippen molar-refractivity contribution in [2.24, 2.45) is 0 Å². The lowest BCUT2D eigenvalue weighted by Gasteiger charge is -2.20. The summed E-state index contributed by atoms with van der Waals surface area (Å²) in [6.07, 6.45) is 2.19. The van der Waals surface area contributed by atoms with Gasteiger partial charge < -0.3 is 4.74 Å². The third kappa shape index (κ3) is 2.43. The molecule has 0 fully saturated rings. The number of carbonyl (C=O) groups is 1. The van der Waals surface area contributed by atoms with E-state index in [0.717, 1.165) is 12.8 Å². The number of benzene rings is 1. The zero-order chi connectivity index (χ0) is 15.7. The van der Waals surface area contributed by atoms with Gasteiger partial charge in [-0.05, 0) is 12.8 Å². The van der Waals surface area contributed by atoms with Crippen molar-refractivity contribution in [2.75, 3.05) is 7.11 Å². The van der Waals surface area contributed by atoms with Gasteiger partial charge in [0.15, 0.2) is 11.9 Å². The molecular formula is C14H14N4O4. The predicted octanol–water partition coefficient (Wildman–Crippen LogP) is 1.90. The van der Waals surface area contributed by atoms with E-state index in [-0.39, 0.29) is 11.7 Å². The molecule has 2 aromatic rings. The fourth-order valence-corrected chi connectivity index (χ4v) is 2.59. The van der Waals surface area contributed by atoms with Crippen molar-refractivity contribution in [3.8, 4) is 11.4 Å². The first-order valence-corrected chi connectivity index (χ1v) is 6.88. The lowest BCUT2D eigenvalue weighted by atomic mass is 10.1. The Morgan fingerprint density at radius 2 is 2.32 bits per heavy atom. The Morgan fingerprint density at radius 3 is 3.05 bits per heavy atom. The predicted molar refractivity (Wildman–Crippen MR) is 76.1 cm³/mol. The first-order chi connectivity index (χ1) is 10.6. The summed E-state index contributed by atoms with van der Waals surface area (Å²) in [7, 11) is 1.34. The van der Waals surface area contributed by atoms with Gasteiger partial charge in [0.25, 0.3) is 5.69 Å². The summed E-state index contributed by atoms with van der Waals surface area (Å²) in [5, 5.41) is 15.2. The largest absolute Gasteiger partial charge is 0.467 e. The number of non-ortho nitro benzene ring substituents is 1. The number of nitro benzene ring substituents is 1. The van der Waals surface area contributed by atoms with Gasteiger partial charge in [-0.25, -0.2) is 14.5 Å². The second-order valence-electron chi connectivity index (χ2n) is 5.03. The molecule has 0 saturated carbocycles. The minimum Gasteiger partial charge on any atom is -0.467 e. The first-order valence-electron chi connectivity index (χ1n) is 6.88. The molecule has 22 heavy (non-hydrogen) atoms. The second kappa shape index (κ2) is 5.55. The summed E-state index contributed by atoms with van der Waals surface area (Å²) < 4.78 is 6.37. The number of ether oxygens (including phenoxy) is 1. The Kier molecular flexibility index (Phi) is 3.58. The Bertz CT molecular complexity index is 740. The molecule has 0 radical (unpaired) electrons. The SMILES string of the molecule is COC(=O)C1CCCc2nc(-c3cccc([N+](=O)[O-])c3)nn21. The molecule has 1 unspecified atom stereocenters. The fourth-order valence-electron chi connectivity index (χ4n) is 2.59. The second-order valence-corrected chi connectivity index (χ2v) is 5.03. The number of aryl methyl sites for hydroxylation is 1. The van der Waals surface area contributed by atoms with Crippen LogP contribution in [0.15, 0.2) is 24.3 Å². The summed E-state index contributed by atoms with van der Waals surface area (Å²) in [6.45, 7) is 0. The number of nitro groups is 1. The summed E-state index contributed by atoms with van der Waals surface area (Å²) >= 11 is 0. The third-order valence-corrected chi connectivity index (χ3v) is 3.66. The number of esters is 1. The van der Waals surface area contributed by atoms with Crippen LogP contribution < -0.4 is 0 Å². The maximum absolute atomic E-state index is 11.8. The van der Waals surface area contributed by atoms with Crippen LogP contribution in [0, 0.1) is 10.1 Å². The van der Waals surface area contributed by atoms with Gasteiger partial charge in [0.05, 0.1) is 12.0 Å². The highest BCUT2D eigenvalue weighted by atomic mass is 16.6. The van der Waals surface area contributed by atoms with Gasteiger partial charge in [-0.2, -0.15) is 0 Å². The maximum Gasteiger partial charge on any atom is 0.330 e. The summed E-state index contributed by atoms with van der Waals surface area (Å²) in [4.78, 5) is 26.6. The highest BCUT2D eigenvalue weighted by molar-refractivity contribution is 5.74. The van der Waals surface area contributed by atoms with Crippen molar-refractivity contribution < 1.29 is 14.5 Å². The molecule has 0 saturated heterocycles. The molecule has 1 aromatic heterocycles. The highest BCUT2D eigenvalue weighted by Gasteiger charge is 2.29. The molecular weight excluding hydrogens is 288 g/mol. The molecule has 0 amide bonds. The monoisotopic (exact) mass is 302 g/mol. The van der Waals surface area contributed by atoms with E-state index in [9.17, 15) is 14.9 Å². The average Bonchev–Trinajstić information content (AvgIpc) is 2.98. The Labute approximate surface area is 125 Å². The number of aromatic nitrogens is 3. The highest BCUT2D eigenvalue weighted by Crippen LogP contribution is 2.28. The quantitative estimate of drug-likeness (QED) is 0.487. The number of hydrogen-bond donors (Lipinski definition) is 0. The zero-order valence-electron chi connectivity index (χ0n) is 11.9. The Balaban J connectivity index is 2.01. The van der Waals surface area contributed by atoms with Crippen molar-refractivity contribution in [3.05, 3.63) is 40.2 Å². The summed E-state index contributed by atoms with van der Waals surface area (Å²) in [5.41, 5.74) is 0.537. The lowest BCUT2D eigenvalue weighted by Crippen LogP contribution is -2.27. The minimum absolute atomic E-state index is 0.0187. The van der Waals surface area contributed by atoms with Crippen LogP contribution in [0.2, 0.25) is 0 Å². The van der Waals surface area contributed by atoms with Crippen LogP contribution in [0.3, 0.4) is 0 Å². The Hall–Kier alpha value is -2.77. The van der Waals surface area contributed by atoms with Gasteiger partial charge in [0.2, 0.25) is 0 Å². The Morgan fingerprint density at radius 1 is 1.50 bits per heavy atom. The van der Waals surface area contributed by atoms with Crippen LogP contribution in [-0.2, 0) is 16.0 Å². The van der Waals surface area contributed by atoms with Gasteiger partial charge in [-0.1, -0.05) is 12.1 Å². The maximum atomic E-state index is 11.8. The average molecular weight is 302 g/mol. The number of fused-ring (bicyclic) bond motifs is 1. The van der Waals surface area contributed by atoms with Crippen molar-refractivity contribution >= 4 is 11.7 Å². The van der Waals surface area contributed by atoms with E-state index in [1.165, 1.54) is 19.2 Å². The van der Waals surface area contributed by atoms with E-state index >= 15 is 0 Å². The van der Waals surface area contributed by atoms with Crippen molar-refractivity contribution in [1.82, 2.24) is 14.8 Å². The number of methoxy groups -OCH3 is 1. The van der Waals surface area contributed by atoms with Crippen LogP contribution >= 0.6 is 0 Å². The first kappa shape index (κ1) is 14.2. The molecule has 114 valence electrons. The molecule has 0 N–H and O–H groups in total. The van der Waals surface area contributed by atoms with Gasteiger partial charge >= 0.3 is 5.97 Å². The third-order valence-electron chi connectivity index (χ3n) is 3.66. The summed E-state index contributed by atoms with van der Waals surface area (Å²) in [6, 6.07) is 5.66. The van der Waals surface area contributed by atoms with Crippen LogP contribution in [0.1, 0.15) is 24.7 Å². The minimum atomic E-state index is -0.478. The zero-order valence-corrected chi connectivity index (χ0v) is 11.9. The van der Waals surface area contributed by atoms with Crippen LogP contribution in [0.5, 0.6) is 0 Å². The topological polar surface area (TPSA) is 100 Å². The molecule has 0 spiro atoms. The van der Waals surface area contributed by atoms with Crippen molar-refractivity contribution in [1.29, 1.82) is 0 Å². The van der Waals surface area contributed by atoms with E-state index in [4.69, 9.17) is 4.74 Å². The molecule has 2 heterocycles. The van der Waals surface area contributed by atoms with E-state index in [1.807, 2.05) is 0 Å². The molecule has 0 bridgehead atoms. The molecule has 1 aliphatic heterocycles. The standard InChI is InChI=1S/C14H14N4O4/c1-22-14(19)11-6-3-7-12-15-13(16-17(11)12)9-4-2-5-10(8-9)18(20)21/h2,4-5,8,11H,3,6-7H2,1H3. The van der Waals surface area contributed by atoms with E-state index in [1.54, 1.807) is 16.8 Å². The summed E-state index contributed by atoms with van der Waals surface area (Å²) in [5.74, 6) is 0.731. The lowest BCUT2D eigenvalue weighted by molar-refractivity contribution is -0.384. The molecule has 8 heteroatoms. The van der Waals surface area contributed by atoms with Crippen LogP contribution in [-0.4, -0.2) is 32.8 Å². The van der Waals surface area contributed by atoms with Gasteiger partial charge in [-0.15, -0.1) is 5.10 Å². The number of hydrogen-bond acceptors (Lipinski definition) is 6. The smallest absolute Gasteiger partial charge is 0.330 e. The number of nitrogens with zero attached hydrogens (tertiary/aromatic N) is 4. The molecule has 8 nitrogen and oxygen atoms in total. The molecule has 1 aromatic carbocycles. The molecule has 0 aliphatic carbocycles.